The van der Waals surface area contributed by atoms with Gasteiger partial charge in [-0.15, -0.1) is 0 Å². The molecule has 12 heteroatoms. The van der Waals surface area contributed by atoms with Crippen LogP contribution in [0, 0.1) is 17.0 Å². The summed E-state index contributed by atoms with van der Waals surface area (Å²) in [6.07, 6.45) is 2.38. The number of hydrogen-bond acceptors (Lipinski definition) is 6. The molecule has 0 radical (unpaired) electrons. The van der Waals surface area contributed by atoms with Crippen LogP contribution >= 0.6 is 39.1 Å². The predicted molar refractivity (Wildman–Crippen MR) is 137 cm³/mol. The van der Waals surface area contributed by atoms with Crippen molar-refractivity contribution in [1.82, 2.24) is 4.72 Å². The number of carbonyl (C=O) groups excluding carboxylic acids is 1. The zero-order chi connectivity index (χ0) is 25.8. The molecule has 0 unspecified atom stereocenters. The number of halogens is 3. The lowest BCUT2D eigenvalue weighted by molar-refractivity contribution is -0.385. The number of benzene rings is 3. The maximum absolute atomic E-state index is 12.6. The topological polar surface area (TPSA) is 116 Å². The molecule has 35 heavy (non-hydrogen) atoms. The number of carbonyl (C=O) groups is 1. The maximum Gasteiger partial charge on any atom is 0.275 e. The molecule has 0 spiro atoms. The van der Waals surface area contributed by atoms with E-state index in [4.69, 9.17) is 27.9 Å². The van der Waals surface area contributed by atoms with Gasteiger partial charge in [-0.25, -0.2) is 13.1 Å². The van der Waals surface area contributed by atoms with Crippen molar-refractivity contribution in [1.29, 1.82) is 0 Å². The van der Waals surface area contributed by atoms with Crippen LogP contribution in [0.2, 0.25) is 10.0 Å². The SMILES string of the molecule is Cc1c(Cl)cc(S(=O)(=O)NC(=O)/C=C/c2cc(Br)ccc2OCc2ccccc2Cl)cc1[N+](=O)[O-]. The van der Waals surface area contributed by atoms with Gasteiger partial charge in [0.2, 0.25) is 0 Å². The van der Waals surface area contributed by atoms with Crippen molar-refractivity contribution in [3.05, 3.63) is 102 Å². The quantitative estimate of drug-likeness (QED) is 0.191. The molecule has 0 saturated carbocycles. The fourth-order valence-electron chi connectivity index (χ4n) is 2.93. The van der Waals surface area contributed by atoms with Gasteiger partial charge >= 0.3 is 0 Å². The van der Waals surface area contributed by atoms with E-state index in [-0.39, 0.29) is 17.2 Å². The number of ether oxygens (including phenoxy) is 1. The molecule has 1 amide bonds. The van der Waals surface area contributed by atoms with Gasteiger partial charge in [-0.05, 0) is 43.3 Å². The first-order chi connectivity index (χ1) is 16.5. The Labute approximate surface area is 219 Å². The van der Waals surface area contributed by atoms with Crippen LogP contribution < -0.4 is 9.46 Å². The molecule has 3 aromatic rings. The monoisotopic (exact) mass is 598 g/mol. The van der Waals surface area contributed by atoms with Gasteiger partial charge in [0, 0.05) is 38.3 Å². The van der Waals surface area contributed by atoms with Gasteiger partial charge in [0.05, 0.1) is 14.8 Å². The highest BCUT2D eigenvalue weighted by Gasteiger charge is 2.23. The minimum absolute atomic E-state index is 0.112. The second-order valence-corrected chi connectivity index (χ2v) is 10.6. The van der Waals surface area contributed by atoms with E-state index in [0.29, 0.717) is 20.8 Å². The number of nitro benzene ring substituents is 1. The third-order valence-electron chi connectivity index (χ3n) is 4.76. The smallest absolute Gasteiger partial charge is 0.275 e. The molecule has 182 valence electrons. The zero-order valence-corrected chi connectivity index (χ0v) is 21.9. The Morgan fingerprint density at radius 2 is 1.86 bits per heavy atom. The summed E-state index contributed by atoms with van der Waals surface area (Å²) in [5.74, 6) is -0.539. The van der Waals surface area contributed by atoms with Crippen molar-refractivity contribution in [2.24, 2.45) is 0 Å². The molecule has 8 nitrogen and oxygen atoms in total. The van der Waals surface area contributed by atoms with E-state index in [0.717, 1.165) is 23.8 Å². The molecular formula is C23H17BrCl2N2O6S. The number of rotatable bonds is 8. The van der Waals surface area contributed by atoms with Crippen LogP contribution in [-0.4, -0.2) is 19.2 Å². The van der Waals surface area contributed by atoms with Gasteiger partial charge in [-0.1, -0.05) is 57.3 Å². The van der Waals surface area contributed by atoms with E-state index >= 15 is 0 Å². The van der Waals surface area contributed by atoms with Crippen molar-refractivity contribution < 1.29 is 22.9 Å². The normalized spacial score (nSPS) is 11.4. The molecule has 0 aromatic heterocycles. The summed E-state index contributed by atoms with van der Waals surface area (Å²) in [4.78, 5) is 22.3. The van der Waals surface area contributed by atoms with Gasteiger partial charge in [0.1, 0.15) is 12.4 Å². The fraction of sp³-hybridized carbons (Fsp3) is 0.0870. The van der Waals surface area contributed by atoms with Crippen LogP contribution in [0.4, 0.5) is 5.69 Å². The third kappa shape index (κ3) is 6.82. The molecule has 3 aromatic carbocycles. The molecule has 0 atom stereocenters. The lowest BCUT2D eigenvalue weighted by atomic mass is 10.2. The summed E-state index contributed by atoms with van der Waals surface area (Å²) < 4.78 is 33.6. The van der Waals surface area contributed by atoms with Crippen molar-refractivity contribution in [3.63, 3.8) is 0 Å². The lowest BCUT2D eigenvalue weighted by Gasteiger charge is -2.11. The van der Waals surface area contributed by atoms with Crippen LogP contribution in [0.15, 0.2) is 70.0 Å². The number of hydrogen-bond donors (Lipinski definition) is 1. The number of sulfonamides is 1. The minimum Gasteiger partial charge on any atom is -0.488 e. The van der Waals surface area contributed by atoms with Crippen molar-refractivity contribution in [2.75, 3.05) is 0 Å². The first-order valence-corrected chi connectivity index (χ1v) is 12.9. The van der Waals surface area contributed by atoms with E-state index < -0.39 is 31.4 Å². The molecule has 3 rings (SSSR count). The Bertz CT molecular complexity index is 1440. The second-order valence-electron chi connectivity index (χ2n) is 7.17. The van der Waals surface area contributed by atoms with Gasteiger partial charge < -0.3 is 4.74 Å². The summed E-state index contributed by atoms with van der Waals surface area (Å²) in [6.45, 7) is 1.57. The molecule has 0 aliphatic heterocycles. The Hall–Kier alpha value is -2.92. The maximum atomic E-state index is 12.6. The predicted octanol–water partition coefficient (Wildman–Crippen LogP) is 6.07. The zero-order valence-electron chi connectivity index (χ0n) is 18.0. The van der Waals surface area contributed by atoms with Gasteiger partial charge in [0.15, 0.2) is 0 Å². The Morgan fingerprint density at radius 3 is 2.54 bits per heavy atom. The van der Waals surface area contributed by atoms with Gasteiger partial charge in [-0.3, -0.25) is 14.9 Å². The lowest BCUT2D eigenvalue weighted by Crippen LogP contribution is -2.29. The average molecular weight is 600 g/mol. The van der Waals surface area contributed by atoms with E-state index in [9.17, 15) is 23.3 Å². The number of amides is 1. The average Bonchev–Trinajstić information content (AvgIpc) is 2.79. The highest BCUT2D eigenvalue weighted by Crippen LogP contribution is 2.30. The Morgan fingerprint density at radius 1 is 1.14 bits per heavy atom. The summed E-state index contributed by atoms with van der Waals surface area (Å²) >= 11 is 15.4. The first kappa shape index (κ1) is 26.7. The molecule has 0 heterocycles. The van der Waals surface area contributed by atoms with Crippen LogP contribution in [0.1, 0.15) is 16.7 Å². The molecule has 0 bridgehead atoms. The second kappa shape index (κ2) is 11.2. The van der Waals surface area contributed by atoms with Crippen LogP contribution in [0.5, 0.6) is 5.75 Å². The summed E-state index contributed by atoms with van der Waals surface area (Å²) in [5.41, 5.74) is 0.894. The Balaban J connectivity index is 1.79. The summed E-state index contributed by atoms with van der Waals surface area (Å²) in [7, 11) is -4.42. The standard InChI is InChI=1S/C23H17BrCl2N2O6S/c1-14-20(26)11-18(12-21(14)28(30)31)35(32,33)27-23(29)9-6-15-10-17(24)7-8-22(15)34-13-16-4-2-3-5-19(16)25/h2-12H,13H2,1H3,(H,27,29)/b9-6+. The van der Waals surface area contributed by atoms with E-state index in [1.807, 2.05) is 16.9 Å². The molecule has 0 saturated heterocycles. The first-order valence-electron chi connectivity index (χ1n) is 9.83. The van der Waals surface area contributed by atoms with Crippen LogP contribution in [0.25, 0.3) is 6.08 Å². The molecule has 0 aliphatic carbocycles. The van der Waals surface area contributed by atoms with E-state index in [2.05, 4.69) is 15.9 Å². The summed E-state index contributed by atoms with van der Waals surface area (Å²) in [5, 5.41) is 11.6. The molecule has 0 aliphatic rings. The highest BCUT2D eigenvalue weighted by molar-refractivity contribution is 9.10. The third-order valence-corrected chi connectivity index (χ3v) is 7.34. The van der Waals surface area contributed by atoms with Crippen LogP contribution in [-0.2, 0) is 21.4 Å². The van der Waals surface area contributed by atoms with E-state index in [1.165, 1.54) is 13.0 Å². The largest absolute Gasteiger partial charge is 0.488 e. The number of nitro groups is 1. The minimum atomic E-state index is -4.42. The van der Waals surface area contributed by atoms with E-state index in [1.54, 1.807) is 30.3 Å². The van der Waals surface area contributed by atoms with Crippen molar-refractivity contribution in [2.45, 2.75) is 18.4 Å². The van der Waals surface area contributed by atoms with Gasteiger partial charge in [-0.2, -0.15) is 0 Å². The molecule has 0 fully saturated rings. The fourth-order valence-corrected chi connectivity index (χ4v) is 4.77. The highest BCUT2D eigenvalue weighted by atomic mass is 79.9. The van der Waals surface area contributed by atoms with Crippen molar-refractivity contribution >= 4 is 66.8 Å². The number of nitrogens with zero attached hydrogens (tertiary/aromatic N) is 1. The molecule has 1 N–H and O–H groups in total. The van der Waals surface area contributed by atoms with Crippen LogP contribution in [0.3, 0.4) is 0 Å². The Kier molecular flexibility index (Phi) is 8.55. The summed E-state index contributed by atoms with van der Waals surface area (Å²) in [6, 6.07) is 14.2. The van der Waals surface area contributed by atoms with Gasteiger partial charge in [0.25, 0.3) is 21.6 Å². The molecular weight excluding hydrogens is 583 g/mol. The number of nitrogens with one attached hydrogen (secondary N) is 1. The van der Waals surface area contributed by atoms with Crippen molar-refractivity contribution in [3.8, 4) is 5.75 Å².